The predicted molar refractivity (Wildman–Crippen MR) is 121 cm³/mol. The molecule has 1 saturated heterocycles. The van der Waals surface area contributed by atoms with Crippen molar-refractivity contribution in [1.29, 1.82) is 0 Å². The van der Waals surface area contributed by atoms with Crippen LogP contribution in [0.1, 0.15) is 49.7 Å². The number of hydrogen-bond acceptors (Lipinski definition) is 3. The first-order chi connectivity index (χ1) is 14.4. The van der Waals surface area contributed by atoms with Gasteiger partial charge in [-0.25, -0.2) is 14.8 Å². The standard InChI is InChI=1S/C24H31N5O/c1-16(2)14-22-26-21-6-5-11-25-23(21)29(22)19-9-12-28(13-10-19)24(30)27-20-8-7-17(3)15-18(20)4/h5-8,11,15-16,19H,9-10,12-14H2,1-4H3,(H,27,30). The van der Waals surface area contributed by atoms with Gasteiger partial charge in [0.2, 0.25) is 0 Å². The first kappa shape index (κ1) is 20.4. The third kappa shape index (κ3) is 4.18. The molecule has 6 nitrogen and oxygen atoms in total. The van der Waals surface area contributed by atoms with Gasteiger partial charge in [0.1, 0.15) is 11.3 Å². The summed E-state index contributed by atoms with van der Waals surface area (Å²) in [6, 6.07) is 10.4. The summed E-state index contributed by atoms with van der Waals surface area (Å²) in [6.45, 7) is 9.99. The average Bonchev–Trinajstić information content (AvgIpc) is 3.07. The van der Waals surface area contributed by atoms with E-state index in [4.69, 9.17) is 4.98 Å². The Morgan fingerprint density at radius 3 is 2.67 bits per heavy atom. The van der Waals surface area contributed by atoms with E-state index >= 15 is 0 Å². The Hall–Kier alpha value is -2.89. The van der Waals surface area contributed by atoms with E-state index in [1.165, 1.54) is 5.56 Å². The number of benzene rings is 1. The third-order valence-corrected chi connectivity index (χ3v) is 5.85. The molecule has 0 bridgehead atoms. The van der Waals surface area contributed by atoms with Crippen molar-refractivity contribution in [2.24, 2.45) is 5.92 Å². The van der Waals surface area contributed by atoms with Crippen molar-refractivity contribution in [3.63, 3.8) is 0 Å². The summed E-state index contributed by atoms with van der Waals surface area (Å²) in [5.41, 5.74) is 5.10. The molecule has 30 heavy (non-hydrogen) atoms. The number of aromatic nitrogens is 3. The summed E-state index contributed by atoms with van der Waals surface area (Å²) in [5, 5.41) is 3.08. The van der Waals surface area contributed by atoms with E-state index in [2.05, 4.69) is 41.7 Å². The van der Waals surface area contributed by atoms with E-state index in [1.807, 2.05) is 42.3 Å². The highest BCUT2D eigenvalue weighted by Crippen LogP contribution is 2.29. The van der Waals surface area contributed by atoms with Crippen LogP contribution in [-0.4, -0.2) is 38.6 Å². The van der Waals surface area contributed by atoms with Crippen molar-refractivity contribution in [2.75, 3.05) is 18.4 Å². The highest BCUT2D eigenvalue weighted by atomic mass is 16.2. The summed E-state index contributed by atoms with van der Waals surface area (Å²) in [4.78, 5) is 24.2. The van der Waals surface area contributed by atoms with Gasteiger partial charge in [0, 0.05) is 37.4 Å². The second kappa shape index (κ2) is 8.46. The van der Waals surface area contributed by atoms with Gasteiger partial charge in [-0.15, -0.1) is 0 Å². The van der Waals surface area contributed by atoms with Crippen LogP contribution in [0.5, 0.6) is 0 Å². The number of rotatable bonds is 4. The molecule has 0 radical (unpaired) electrons. The minimum atomic E-state index is -0.0172. The van der Waals surface area contributed by atoms with E-state index in [0.717, 1.165) is 60.6 Å². The molecule has 2 amide bonds. The van der Waals surface area contributed by atoms with Gasteiger partial charge >= 0.3 is 6.03 Å². The number of aryl methyl sites for hydroxylation is 2. The summed E-state index contributed by atoms with van der Waals surface area (Å²) in [6.07, 6.45) is 4.59. The first-order valence-corrected chi connectivity index (χ1v) is 10.9. The molecule has 2 aromatic heterocycles. The van der Waals surface area contributed by atoms with Crippen LogP contribution in [0.15, 0.2) is 36.5 Å². The van der Waals surface area contributed by atoms with Crippen LogP contribution in [0.2, 0.25) is 0 Å². The summed E-state index contributed by atoms with van der Waals surface area (Å²) in [5.74, 6) is 1.64. The Morgan fingerprint density at radius 2 is 1.97 bits per heavy atom. The Kier molecular flexibility index (Phi) is 5.75. The largest absolute Gasteiger partial charge is 0.324 e. The van der Waals surface area contributed by atoms with Crippen LogP contribution in [0.3, 0.4) is 0 Å². The summed E-state index contributed by atoms with van der Waals surface area (Å²) in [7, 11) is 0. The van der Waals surface area contributed by atoms with E-state index in [0.29, 0.717) is 12.0 Å². The van der Waals surface area contributed by atoms with Crippen LogP contribution in [0.25, 0.3) is 11.2 Å². The fraction of sp³-hybridized carbons (Fsp3) is 0.458. The minimum absolute atomic E-state index is 0.0172. The lowest BCUT2D eigenvalue weighted by Crippen LogP contribution is -2.41. The van der Waals surface area contributed by atoms with E-state index in [1.54, 1.807) is 0 Å². The fourth-order valence-corrected chi connectivity index (χ4v) is 4.34. The number of nitrogens with one attached hydrogen (secondary N) is 1. The molecule has 3 heterocycles. The second-order valence-corrected chi connectivity index (χ2v) is 8.81. The molecule has 0 unspecified atom stereocenters. The number of hydrogen-bond donors (Lipinski definition) is 1. The van der Waals surface area contributed by atoms with E-state index < -0.39 is 0 Å². The van der Waals surface area contributed by atoms with Gasteiger partial charge in [0.25, 0.3) is 0 Å². The van der Waals surface area contributed by atoms with Gasteiger partial charge in [0.15, 0.2) is 5.65 Å². The number of pyridine rings is 1. The zero-order valence-corrected chi connectivity index (χ0v) is 18.4. The predicted octanol–water partition coefficient (Wildman–Crippen LogP) is 5.12. The fourth-order valence-electron chi connectivity index (χ4n) is 4.34. The topological polar surface area (TPSA) is 63.1 Å². The zero-order chi connectivity index (χ0) is 21.3. The number of likely N-dealkylation sites (tertiary alicyclic amines) is 1. The SMILES string of the molecule is Cc1ccc(NC(=O)N2CCC(n3c(CC(C)C)nc4cccnc43)CC2)c(C)c1. The van der Waals surface area contributed by atoms with Crippen molar-refractivity contribution >= 4 is 22.9 Å². The number of urea groups is 1. The molecule has 4 rings (SSSR count). The average molecular weight is 406 g/mol. The lowest BCUT2D eigenvalue weighted by molar-refractivity contribution is 0.183. The Balaban J connectivity index is 1.47. The maximum atomic E-state index is 12.8. The Morgan fingerprint density at radius 1 is 1.20 bits per heavy atom. The molecule has 6 heteroatoms. The molecule has 0 atom stereocenters. The van der Waals surface area contributed by atoms with Gasteiger partial charge in [-0.05, 0) is 56.4 Å². The van der Waals surface area contributed by atoms with Crippen LogP contribution in [0.4, 0.5) is 10.5 Å². The number of anilines is 1. The monoisotopic (exact) mass is 405 g/mol. The summed E-state index contributed by atoms with van der Waals surface area (Å²) >= 11 is 0. The lowest BCUT2D eigenvalue weighted by atomic mass is 10.0. The van der Waals surface area contributed by atoms with Gasteiger partial charge < -0.3 is 14.8 Å². The molecule has 1 N–H and O–H groups in total. The van der Waals surface area contributed by atoms with Crippen molar-refractivity contribution in [2.45, 2.75) is 53.0 Å². The molecular weight excluding hydrogens is 374 g/mol. The molecular formula is C24H31N5O. The van der Waals surface area contributed by atoms with Gasteiger partial charge in [0.05, 0.1) is 0 Å². The first-order valence-electron chi connectivity index (χ1n) is 10.9. The van der Waals surface area contributed by atoms with Crippen LogP contribution in [-0.2, 0) is 6.42 Å². The molecule has 1 aliphatic rings. The van der Waals surface area contributed by atoms with E-state index in [9.17, 15) is 4.79 Å². The number of amides is 2. The maximum absolute atomic E-state index is 12.8. The van der Waals surface area contributed by atoms with Crippen LogP contribution >= 0.6 is 0 Å². The highest BCUT2D eigenvalue weighted by Gasteiger charge is 2.27. The summed E-state index contributed by atoms with van der Waals surface area (Å²) < 4.78 is 2.33. The number of piperidine rings is 1. The molecule has 0 saturated carbocycles. The van der Waals surface area contributed by atoms with Crippen molar-refractivity contribution < 1.29 is 4.79 Å². The quantitative estimate of drug-likeness (QED) is 0.656. The molecule has 158 valence electrons. The Bertz CT molecular complexity index is 1050. The van der Waals surface area contributed by atoms with Crippen molar-refractivity contribution in [1.82, 2.24) is 19.4 Å². The number of nitrogens with zero attached hydrogens (tertiary/aromatic N) is 4. The van der Waals surface area contributed by atoms with Gasteiger partial charge in [-0.2, -0.15) is 0 Å². The van der Waals surface area contributed by atoms with Gasteiger partial charge in [-0.3, -0.25) is 0 Å². The highest BCUT2D eigenvalue weighted by molar-refractivity contribution is 5.90. The lowest BCUT2D eigenvalue weighted by Gasteiger charge is -2.33. The van der Waals surface area contributed by atoms with E-state index in [-0.39, 0.29) is 6.03 Å². The number of imidazole rings is 1. The van der Waals surface area contributed by atoms with Crippen LogP contribution < -0.4 is 5.32 Å². The normalized spacial score (nSPS) is 15.2. The van der Waals surface area contributed by atoms with Crippen molar-refractivity contribution in [3.8, 4) is 0 Å². The minimum Gasteiger partial charge on any atom is -0.324 e. The van der Waals surface area contributed by atoms with Crippen molar-refractivity contribution in [3.05, 3.63) is 53.5 Å². The number of carbonyl (C=O) groups excluding carboxylic acids is 1. The number of fused-ring (bicyclic) bond motifs is 1. The molecule has 0 spiro atoms. The smallest absolute Gasteiger partial charge is 0.321 e. The molecule has 0 aliphatic carbocycles. The number of carbonyl (C=O) groups is 1. The maximum Gasteiger partial charge on any atom is 0.321 e. The van der Waals surface area contributed by atoms with Gasteiger partial charge in [-0.1, -0.05) is 31.5 Å². The third-order valence-electron chi connectivity index (χ3n) is 5.85. The molecule has 1 aliphatic heterocycles. The zero-order valence-electron chi connectivity index (χ0n) is 18.4. The van der Waals surface area contributed by atoms with Crippen LogP contribution in [0, 0.1) is 19.8 Å². The molecule has 3 aromatic rings. The molecule has 1 aromatic carbocycles. The second-order valence-electron chi connectivity index (χ2n) is 8.81. The molecule has 1 fully saturated rings. The Labute approximate surface area is 178 Å².